The summed E-state index contributed by atoms with van der Waals surface area (Å²) in [6, 6.07) is 0. The standard InChI is InChI=1S/C20H37OP/c21-17-16-20(14-8-3-9-15-20)22(18-10-4-1-5-11-18)19-12-6-2-7-13-19/h18-19,21H,1-17H2. The number of aliphatic hydroxyl groups is 1. The summed E-state index contributed by atoms with van der Waals surface area (Å²) in [7, 11) is 0.135. The second-order valence-electron chi connectivity index (χ2n) is 8.25. The maximum atomic E-state index is 9.84. The maximum Gasteiger partial charge on any atom is 0.0439 e. The normalized spacial score (nSPS) is 28.1. The first kappa shape index (κ1) is 17.2. The molecule has 0 aromatic heterocycles. The van der Waals surface area contributed by atoms with Crippen LogP contribution in [0.3, 0.4) is 0 Å². The topological polar surface area (TPSA) is 20.2 Å². The Balaban J connectivity index is 1.83. The van der Waals surface area contributed by atoms with Gasteiger partial charge in [-0.05, 0) is 61.4 Å². The predicted octanol–water partition coefficient (Wildman–Crippen LogP) is 6.22. The van der Waals surface area contributed by atoms with Gasteiger partial charge < -0.3 is 5.11 Å². The molecule has 0 aromatic carbocycles. The average Bonchev–Trinajstić information content (AvgIpc) is 2.58. The molecule has 0 saturated heterocycles. The lowest BCUT2D eigenvalue weighted by Gasteiger charge is -2.52. The average molecular weight is 324 g/mol. The highest BCUT2D eigenvalue weighted by molar-refractivity contribution is 7.60. The van der Waals surface area contributed by atoms with Gasteiger partial charge in [0.05, 0.1) is 0 Å². The molecule has 3 aliphatic carbocycles. The summed E-state index contributed by atoms with van der Waals surface area (Å²) < 4.78 is 0. The second-order valence-corrected chi connectivity index (χ2v) is 11.5. The molecular weight excluding hydrogens is 287 g/mol. The van der Waals surface area contributed by atoms with Crippen LogP contribution in [0.25, 0.3) is 0 Å². The molecule has 0 amide bonds. The highest BCUT2D eigenvalue weighted by atomic mass is 31.1. The fraction of sp³-hybridized carbons (Fsp3) is 1.00. The summed E-state index contributed by atoms with van der Waals surface area (Å²) in [5.41, 5.74) is 2.10. The Morgan fingerprint density at radius 2 is 1.14 bits per heavy atom. The quantitative estimate of drug-likeness (QED) is 0.595. The first-order valence-electron chi connectivity index (χ1n) is 10.2. The van der Waals surface area contributed by atoms with Gasteiger partial charge in [-0.2, -0.15) is 0 Å². The van der Waals surface area contributed by atoms with Crippen molar-refractivity contribution in [2.45, 2.75) is 119 Å². The molecule has 0 spiro atoms. The first-order chi connectivity index (χ1) is 10.9. The van der Waals surface area contributed by atoms with E-state index in [0.717, 1.165) is 17.7 Å². The van der Waals surface area contributed by atoms with Gasteiger partial charge in [-0.15, -0.1) is 0 Å². The summed E-state index contributed by atoms with van der Waals surface area (Å²) in [5.74, 6) is 0. The van der Waals surface area contributed by atoms with E-state index < -0.39 is 0 Å². The molecule has 0 atom stereocenters. The minimum absolute atomic E-state index is 0.135. The third-order valence-corrected chi connectivity index (χ3v) is 11.2. The van der Waals surface area contributed by atoms with E-state index in [1.807, 2.05) is 0 Å². The smallest absolute Gasteiger partial charge is 0.0439 e. The van der Waals surface area contributed by atoms with Gasteiger partial charge in [0.15, 0.2) is 0 Å². The number of rotatable bonds is 5. The lowest BCUT2D eigenvalue weighted by atomic mass is 9.86. The van der Waals surface area contributed by atoms with Crippen LogP contribution in [0.2, 0.25) is 0 Å². The van der Waals surface area contributed by atoms with Crippen molar-refractivity contribution in [2.75, 3.05) is 6.61 Å². The van der Waals surface area contributed by atoms with Crippen LogP contribution < -0.4 is 0 Å². The summed E-state index contributed by atoms with van der Waals surface area (Å²) in [6.45, 7) is 0.443. The van der Waals surface area contributed by atoms with Gasteiger partial charge in [0, 0.05) is 6.61 Å². The van der Waals surface area contributed by atoms with E-state index in [-0.39, 0.29) is 7.92 Å². The lowest BCUT2D eigenvalue weighted by Crippen LogP contribution is -2.39. The molecule has 1 N–H and O–H groups in total. The third kappa shape index (κ3) is 3.89. The lowest BCUT2D eigenvalue weighted by molar-refractivity contribution is 0.241. The van der Waals surface area contributed by atoms with Crippen molar-refractivity contribution in [1.29, 1.82) is 0 Å². The van der Waals surface area contributed by atoms with Crippen molar-refractivity contribution in [3.05, 3.63) is 0 Å². The highest BCUT2D eigenvalue weighted by Gasteiger charge is 2.46. The van der Waals surface area contributed by atoms with Crippen LogP contribution in [0.5, 0.6) is 0 Å². The molecule has 2 heteroatoms. The number of aliphatic hydroxyl groups excluding tert-OH is 1. The molecule has 1 nitrogen and oxygen atoms in total. The largest absolute Gasteiger partial charge is 0.396 e. The van der Waals surface area contributed by atoms with Crippen LogP contribution in [0.4, 0.5) is 0 Å². The Bertz CT molecular complexity index is 288. The van der Waals surface area contributed by atoms with E-state index in [0.29, 0.717) is 11.8 Å². The van der Waals surface area contributed by atoms with Crippen molar-refractivity contribution in [3.8, 4) is 0 Å². The Morgan fingerprint density at radius 3 is 1.59 bits per heavy atom. The molecule has 128 valence electrons. The zero-order valence-corrected chi connectivity index (χ0v) is 15.5. The Hall–Kier alpha value is 0.390. The summed E-state index contributed by atoms with van der Waals surface area (Å²) in [6.07, 6.45) is 23.4. The van der Waals surface area contributed by atoms with Crippen molar-refractivity contribution < 1.29 is 5.11 Å². The van der Waals surface area contributed by atoms with Gasteiger partial charge in [-0.1, -0.05) is 65.7 Å². The van der Waals surface area contributed by atoms with E-state index in [2.05, 4.69) is 0 Å². The zero-order valence-electron chi connectivity index (χ0n) is 14.6. The van der Waals surface area contributed by atoms with Crippen molar-refractivity contribution in [1.82, 2.24) is 0 Å². The van der Waals surface area contributed by atoms with E-state index in [1.54, 1.807) is 0 Å². The van der Waals surface area contributed by atoms with Gasteiger partial charge >= 0.3 is 0 Å². The fourth-order valence-corrected chi connectivity index (χ4v) is 11.0. The maximum absolute atomic E-state index is 9.84. The van der Waals surface area contributed by atoms with Crippen LogP contribution in [-0.4, -0.2) is 28.2 Å². The van der Waals surface area contributed by atoms with E-state index in [9.17, 15) is 5.11 Å². The molecule has 0 unspecified atom stereocenters. The predicted molar refractivity (Wildman–Crippen MR) is 98.2 cm³/mol. The van der Waals surface area contributed by atoms with Gasteiger partial charge in [0.2, 0.25) is 0 Å². The minimum atomic E-state index is 0.135. The molecular formula is C20H37OP. The van der Waals surface area contributed by atoms with E-state index in [1.165, 1.54) is 96.3 Å². The van der Waals surface area contributed by atoms with Crippen LogP contribution in [0.1, 0.15) is 103 Å². The van der Waals surface area contributed by atoms with Gasteiger partial charge in [-0.3, -0.25) is 0 Å². The Morgan fingerprint density at radius 1 is 0.682 bits per heavy atom. The second kappa shape index (κ2) is 8.48. The molecule has 3 rings (SSSR count). The minimum Gasteiger partial charge on any atom is -0.396 e. The van der Waals surface area contributed by atoms with Crippen molar-refractivity contribution in [2.24, 2.45) is 0 Å². The summed E-state index contributed by atoms with van der Waals surface area (Å²) >= 11 is 0. The van der Waals surface area contributed by atoms with Crippen molar-refractivity contribution >= 4 is 7.92 Å². The Kier molecular flexibility index (Phi) is 6.64. The molecule has 22 heavy (non-hydrogen) atoms. The number of hydrogen-bond acceptors (Lipinski definition) is 1. The number of hydrogen-bond donors (Lipinski definition) is 1. The molecule has 0 bridgehead atoms. The van der Waals surface area contributed by atoms with Crippen LogP contribution in [0, 0.1) is 0 Å². The van der Waals surface area contributed by atoms with Crippen LogP contribution >= 0.6 is 7.92 Å². The molecule has 0 heterocycles. The van der Waals surface area contributed by atoms with Crippen LogP contribution in [0.15, 0.2) is 0 Å². The highest BCUT2D eigenvalue weighted by Crippen LogP contribution is 2.68. The molecule has 3 aliphatic rings. The fourth-order valence-electron chi connectivity index (χ4n) is 5.85. The summed E-state index contributed by atoms with van der Waals surface area (Å²) in [5, 5.41) is 10.4. The monoisotopic (exact) mass is 324 g/mol. The molecule has 0 radical (unpaired) electrons. The molecule has 0 aliphatic heterocycles. The Labute approximate surface area is 139 Å². The molecule has 3 saturated carbocycles. The van der Waals surface area contributed by atoms with E-state index >= 15 is 0 Å². The summed E-state index contributed by atoms with van der Waals surface area (Å²) in [4.78, 5) is 0. The van der Waals surface area contributed by atoms with Gasteiger partial charge in [0.1, 0.15) is 0 Å². The van der Waals surface area contributed by atoms with Crippen molar-refractivity contribution in [3.63, 3.8) is 0 Å². The SMILES string of the molecule is OCCC1(P(C2CCCCC2)C2CCCCC2)CCCCC1. The first-order valence-corrected chi connectivity index (χ1v) is 11.7. The van der Waals surface area contributed by atoms with Crippen LogP contribution in [-0.2, 0) is 0 Å². The zero-order chi connectivity index (χ0) is 15.3. The third-order valence-electron chi connectivity index (χ3n) is 6.85. The molecule has 0 aromatic rings. The van der Waals surface area contributed by atoms with Gasteiger partial charge in [0.25, 0.3) is 0 Å². The molecule has 3 fully saturated rings. The van der Waals surface area contributed by atoms with Gasteiger partial charge in [-0.25, -0.2) is 0 Å². The van der Waals surface area contributed by atoms with E-state index in [4.69, 9.17) is 0 Å².